The van der Waals surface area contributed by atoms with E-state index in [1.165, 1.54) is 12.1 Å². The maximum Gasteiger partial charge on any atom is 0.351 e. The number of carbonyl (C=O) groups is 1. The number of hydrogen-bond donors (Lipinski definition) is 2. The number of H-pyrrole nitrogens is 1. The number of nitriles is 1. The Hall–Kier alpha value is -3.86. The Balaban J connectivity index is 1.85. The molecular weight excluding hydrogens is 355 g/mol. The zero-order chi connectivity index (χ0) is 19.7. The van der Waals surface area contributed by atoms with Crippen LogP contribution in [0.2, 0.25) is 6.32 Å². The Morgan fingerprint density at radius 1 is 1.14 bits per heavy atom. The Kier molecular flexibility index (Phi) is 4.42. The molecule has 0 radical (unpaired) electrons. The van der Waals surface area contributed by atoms with Crippen LogP contribution in [0.5, 0.6) is 0 Å². The molecule has 2 heterocycles. The van der Waals surface area contributed by atoms with Gasteiger partial charge in [-0.3, -0.25) is 10.1 Å². The van der Waals surface area contributed by atoms with E-state index in [2.05, 4.69) is 16.3 Å². The Bertz CT molecular complexity index is 1100. The minimum absolute atomic E-state index is 0.00161. The molecular formula is C20H15BN4O3. The number of nitrogens with zero attached hydrogens (tertiary/aromatic N) is 2. The first-order chi connectivity index (χ1) is 13.6. The zero-order valence-electron chi connectivity index (χ0n) is 14.8. The molecule has 3 aromatic rings. The Morgan fingerprint density at radius 3 is 2.50 bits per heavy atom. The van der Waals surface area contributed by atoms with Crippen molar-refractivity contribution in [2.45, 2.75) is 12.7 Å². The molecule has 2 N–H and O–H groups in total. The fraction of sp³-hybridized carbons (Fsp3) is 0.100. The van der Waals surface area contributed by atoms with Crippen molar-refractivity contribution in [1.29, 1.82) is 5.26 Å². The molecule has 0 spiro atoms. The highest BCUT2D eigenvalue weighted by Gasteiger charge is 2.36. The first kappa shape index (κ1) is 17.6. The summed E-state index contributed by atoms with van der Waals surface area (Å²) in [4.78, 5) is 26.7. The van der Waals surface area contributed by atoms with E-state index >= 15 is 0 Å². The number of aromatic nitrogens is 1. The van der Waals surface area contributed by atoms with Gasteiger partial charge in [-0.15, -0.1) is 0 Å². The van der Waals surface area contributed by atoms with E-state index in [-0.39, 0.29) is 11.4 Å². The summed E-state index contributed by atoms with van der Waals surface area (Å²) in [7, 11) is 0. The first-order valence-corrected chi connectivity index (χ1v) is 8.84. The number of nitrogens with one attached hydrogen (secondary N) is 2. The summed E-state index contributed by atoms with van der Waals surface area (Å²) in [5, 5.41) is 23.5. The molecule has 4 rings (SSSR count). The van der Waals surface area contributed by atoms with Crippen molar-refractivity contribution in [3.05, 3.63) is 76.0 Å². The topological polar surface area (TPSA) is 112 Å². The molecule has 8 heteroatoms. The number of para-hydroxylation sites is 1. The van der Waals surface area contributed by atoms with Crippen LogP contribution >= 0.6 is 0 Å². The number of fused-ring (bicyclic) bond motifs is 1. The number of anilines is 2. The molecule has 1 aliphatic heterocycles. The number of aromatic amines is 1. The average Bonchev–Trinajstić information content (AvgIpc) is 3.08. The molecule has 0 bridgehead atoms. The normalized spacial score (nSPS) is 13.0. The molecule has 1 aliphatic rings. The van der Waals surface area contributed by atoms with E-state index in [1.807, 2.05) is 30.3 Å². The molecule has 0 saturated carbocycles. The van der Waals surface area contributed by atoms with Crippen LogP contribution < -0.4 is 5.32 Å². The van der Waals surface area contributed by atoms with Gasteiger partial charge < -0.3 is 15.1 Å². The molecule has 2 aromatic carbocycles. The van der Waals surface area contributed by atoms with Crippen LogP contribution in [0.15, 0.2) is 54.6 Å². The van der Waals surface area contributed by atoms with E-state index in [1.54, 1.807) is 12.1 Å². The van der Waals surface area contributed by atoms with Gasteiger partial charge in [-0.05, 0) is 37.0 Å². The fourth-order valence-electron chi connectivity index (χ4n) is 3.49. The van der Waals surface area contributed by atoms with Gasteiger partial charge >= 0.3 is 6.71 Å². The van der Waals surface area contributed by atoms with E-state index in [0.717, 1.165) is 16.9 Å². The maximum absolute atomic E-state index is 12.9. The highest BCUT2D eigenvalue weighted by Crippen LogP contribution is 2.39. The molecule has 0 unspecified atom stereocenters. The van der Waals surface area contributed by atoms with Gasteiger partial charge in [0.1, 0.15) is 5.68 Å². The molecule has 136 valence electrons. The summed E-state index contributed by atoms with van der Waals surface area (Å²) in [6, 6.07) is 15.6. The quantitative estimate of drug-likeness (QED) is 0.407. The number of hydrogen-bond acceptors (Lipinski definition) is 5. The lowest BCUT2D eigenvalue weighted by molar-refractivity contribution is -0.384. The average molecular weight is 370 g/mol. The first-order valence-electron chi connectivity index (χ1n) is 8.84. The Labute approximate surface area is 161 Å². The predicted octanol–water partition coefficient (Wildman–Crippen LogP) is 4.17. The summed E-state index contributed by atoms with van der Waals surface area (Å²) in [5.74, 6) is 2.09. The van der Waals surface area contributed by atoms with E-state index in [9.17, 15) is 20.2 Å². The molecule has 0 saturated heterocycles. The second-order valence-corrected chi connectivity index (χ2v) is 6.61. The van der Waals surface area contributed by atoms with Crippen LogP contribution in [0.1, 0.15) is 16.1 Å². The van der Waals surface area contributed by atoms with Crippen molar-refractivity contribution in [3.63, 3.8) is 0 Å². The second kappa shape index (κ2) is 7.04. The third-order valence-corrected chi connectivity index (χ3v) is 4.89. The molecule has 0 fully saturated rings. The van der Waals surface area contributed by atoms with Crippen LogP contribution in [0, 0.1) is 21.3 Å². The smallest absolute Gasteiger partial charge is 0.351 e. The maximum atomic E-state index is 12.9. The standard InChI is InChI=1S/C20H15BN4O3/c22-12-21-11-10-16-17(20(21)26)19(23-14-4-2-1-3-5-14)18(24-16)13-6-8-15(9-7-13)25(27)28/h1-9,23-24H,10-11H2. The summed E-state index contributed by atoms with van der Waals surface area (Å²) < 4.78 is 0. The number of nitro benzene ring substituents is 1. The molecule has 0 amide bonds. The highest BCUT2D eigenvalue weighted by molar-refractivity contribution is 6.98. The van der Waals surface area contributed by atoms with Crippen LogP contribution in [0.3, 0.4) is 0 Å². The number of rotatable bonds is 4. The van der Waals surface area contributed by atoms with Crippen molar-refractivity contribution in [1.82, 2.24) is 4.98 Å². The van der Waals surface area contributed by atoms with Crippen molar-refractivity contribution < 1.29 is 9.72 Å². The summed E-state index contributed by atoms with van der Waals surface area (Å²) >= 11 is 0. The van der Waals surface area contributed by atoms with Crippen LogP contribution in [-0.4, -0.2) is 22.3 Å². The monoisotopic (exact) mass is 370 g/mol. The summed E-state index contributed by atoms with van der Waals surface area (Å²) in [6.07, 6.45) is 1.07. The van der Waals surface area contributed by atoms with Gasteiger partial charge in [-0.2, -0.15) is 0 Å². The Morgan fingerprint density at radius 2 is 1.86 bits per heavy atom. The van der Waals surface area contributed by atoms with Crippen molar-refractivity contribution in [3.8, 4) is 17.2 Å². The lowest BCUT2D eigenvalue weighted by Gasteiger charge is -2.15. The molecule has 7 nitrogen and oxygen atoms in total. The number of nitro groups is 1. The van der Waals surface area contributed by atoms with Gasteiger partial charge in [0.25, 0.3) is 5.69 Å². The minimum Gasteiger partial charge on any atom is -0.356 e. The number of carbonyl (C=O) groups excluding carboxylic acids is 1. The van der Waals surface area contributed by atoms with Gasteiger partial charge in [0.2, 0.25) is 0 Å². The van der Waals surface area contributed by atoms with Gasteiger partial charge in [0.05, 0.1) is 21.9 Å². The van der Waals surface area contributed by atoms with Gasteiger partial charge in [-0.1, -0.05) is 18.2 Å². The van der Waals surface area contributed by atoms with Crippen LogP contribution in [-0.2, 0) is 6.42 Å². The number of aryl methyl sites for hydroxylation is 1. The van der Waals surface area contributed by atoms with E-state index in [0.29, 0.717) is 29.7 Å². The van der Waals surface area contributed by atoms with Crippen molar-refractivity contribution in [2.24, 2.45) is 0 Å². The fourth-order valence-corrected chi connectivity index (χ4v) is 3.49. The lowest BCUT2D eigenvalue weighted by Crippen LogP contribution is -2.30. The van der Waals surface area contributed by atoms with Gasteiger partial charge in [-0.25, -0.2) is 5.26 Å². The zero-order valence-corrected chi connectivity index (χ0v) is 14.8. The van der Waals surface area contributed by atoms with Gasteiger partial charge in [0.15, 0.2) is 0 Å². The van der Waals surface area contributed by atoms with Gasteiger partial charge in [0, 0.05) is 35.0 Å². The molecule has 0 aliphatic carbocycles. The molecule has 0 atom stereocenters. The third kappa shape index (κ3) is 3.03. The highest BCUT2D eigenvalue weighted by atomic mass is 16.6. The lowest BCUT2D eigenvalue weighted by atomic mass is 9.41. The molecule has 1 aromatic heterocycles. The SMILES string of the molecule is N#CB1CCc2[nH]c(-c3ccc([N+](=O)[O-])cc3)c(Nc3ccccc3)c2C1=O. The van der Waals surface area contributed by atoms with Crippen LogP contribution in [0.25, 0.3) is 11.3 Å². The summed E-state index contributed by atoms with van der Waals surface area (Å²) in [6.45, 7) is -0.663. The number of benzene rings is 2. The van der Waals surface area contributed by atoms with Crippen molar-refractivity contribution in [2.75, 3.05) is 5.32 Å². The second-order valence-electron chi connectivity index (χ2n) is 6.61. The van der Waals surface area contributed by atoms with Crippen LogP contribution in [0.4, 0.5) is 17.1 Å². The largest absolute Gasteiger partial charge is 0.356 e. The van der Waals surface area contributed by atoms with Crippen molar-refractivity contribution >= 4 is 29.5 Å². The predicted molar refractivity (Wildman–Crippen MR) is 107 cm³/mol. The molecule has 28 heavy (non-hydrogen) atoms. The van der Waals surface area contributed by atoms with E-state index < -0.39 is 11.6 Å². The number of non-ortho nitro benzene ring substituents is 1. The third-order valence-electron chi connectivity index (χ3n) is 4.89. The van der Waals surface area contributed by atoms with E-state index in [4.69, 9.17) is 0 Å². The minimum atomic E-state index is -0.663. The summed E-state index contributed by atoms with van der Waals surface area (Å²) in [5.41, 5.74) is 3.87.